The molecule has 0 bridgehead atoms. The van der Waals surface area contributed by atoms with Gasteiger partial charge in [-0.2, -0.15) is 0 Å². The molecule has 1 amide bonds. The van der Waals surface area contributed by atoms with Crippen molar-refractivity contribution in [3.63, 3.8) is 0 Å². The average Bonchev–Trinajstić information content (AvgIpc) is 2.28. The van der Waals surface area contributed by atoms with Gasteiger partial charge in [-0.1, -0.05) is 13.8 Å². The smallest absolute Gasteiger partial charge is 0.233 e. The Labute approximate surface area is 110 Å². The van der Waals surface area contributed by atoms with E-state index < -0.39 is 6.10 Å². The Morgan fingerprint density at radius 3 is 2.72 bits per heavy atom. The van der Waals surface area contributed by atoms with Crippen molar-refractivity contribution in [3.05, 3.63) is 0 Å². The highest BCUT2D eigenvalue weighted by molar-refractivity contribution is 5.77. The molecule has 0 radical (unpaired) electrons. The molecule has 0 aromatic carbocycles. The van der Waals surface area contributed by atoms with Crippen LogP contribution < -0.4 is 10.6 Å². The van der Waals surface area contributed by atoms with Gasteiger partial charge in [0.05, 0.1) is 19.3 Å². The molecule has 0 saturated heterocycles. The summed E-state index contributed by atoms with van der Waals surface area (Å²) in [5.41, 5.74) is 0. The molecule has 1 unspecified atom stereocenters. The summed E-state index contributed by atoms with van der Waals surface area (Å²) >= 11 is 0. The van der Waals surface area contributed by atoms with E-state index in [-0.39, 0.29) is 12.5 Å². The lowest BCUT2D eigenvalue weighted by molar-refractivity contribution is -0.120. The predicted octanol–water partition coefficient (Wildman–Crippen LogP) is 0.526. The quantitative estimate of drug-likeness (QED) is 0.474. The minimum Gasteiger partial charge on any atom is -0.389 e. The first-order chi connectivity index (χ1) is 8.56. The highest BCUT2D eigenvalue weighted by Gasteiger charge is 2.05. The lowest BCUT2D eigenvalue weighted by Gasteiger charge is -2.12. The van der Waals surface area contributed by atoms with Gasteiger partial charge in [0.2, 0.25) is 5.91 Å². The van der Waals surface area contributed by atoms with E-state index in [0.29, 0.717) is 32.2 Å². The second kappa shape index (κ2) is 11.4. The van der Waals surface area contributed by atoms with Gasteiger partial charge in [-0.3, -0.25) is 4.79 Å². The van der Waals surface area contributed by atoms with Crippen molar-refractivity contribution < 1.29 is 14.6 Å². The Hall–Kier alpha value is -0.650. The molecule has 0 rings (SSSR count). The van der Waals surface area contributed by atoms with Crippen LogP contribution in [-0.2, 0) is 9.53 Å². The summed E-state index contributed by atoms with van der Waals surface area (Å²) < 4.78 is 5.36. The maximum absolute atomic E-state index is 11.1. The van der Waals surface area contributed by atoms with Crippen molar-refractivity contribution in [2.75, 3.05) is 32.8 Å². The van der Waals surface area contributed by atoms with Crippen molar-refractivity contribution in [1.82, 2.24) is 10.6 Å². The molecule has 0 aliphatic heterocycles. The minimum absolute atomic E-state index is 0.0532. The van der Waals surface area contributed by atoms with Crippen LogP contribution in [-0.4, -0.2) is 50.0 Å². The second-order valence-electron chi connectivity index (χ2n) is 4.85. The van der Waals surface area contributed by atoms with Gasteiger partial charge in [0.1, 0.15) is 0 Å². The Kier molecular flexibility index (Phi) is 11.0. The van der Waals surface area contributed by atoms with E-state index >= 15 is 0 Å². The normalized spacial score (nSPS) is 12.7. The summed E-state index contributed by atoms with van der Waals surface area (Å²) in [5.74, 6) is 0.639. The number of ether oxygens (including phenoxy) is 1. The van der Waals surface area contributed by atoms with Crippen LogP contribution >= 0.6 is 0 Å². The van der Waals surface area contributed by atoms with E-state index in [0.717, 1.165) is 12.8 Å². The van der Waals surface area contributed by atoms with Crippen LogP contribution in [0.15, 0.2) is 0 Å². The van der Waals surface area contributed by atoms with Crippen molar-refractivity contribution in [2.45, 2.75) is 39.7 Å². The minimum atomic E-state index is -0.557. The summed E-state index contributed by atoms with van der Waals surface area (Å²) in [5, 5.41) is 15.1. The Morgan fingerprint density at radius 1 is 1.39 bits per heavy atom. The van der Waals surface area contributed by atoms with Crippen LogP contribution in [0.3, 0.4) is 0 Å². The van der Waals surface area contributed by atoms with Crippen molar-refractivity contribution >= 4 is 5.91 Å². The number of hydrogen-bond donors (Lipinski definition) is 3. The lowest BCUT2D eigenvalue weighted by atomic mass is 10.1. The lowest BCUT2D eigenvalue weighted by Crippen LogP contribution is -2.38. The molecule has 108 valence electrons. The summed E-state index contributed by atoms with van der Waals surface area (Å²) in [6.45, 7) is 8.48. The third-order valence-corrected chi connectivity index (χ3v) is 2.42. The molecule has 0 aliphatic carbocycles. The third kappa shape index (κ3) is 11.8. The summed E-state index contributed by atoms with van der Waals surface area (Å²) in [4.78, 5) is 11.1. The highest BCUT2D eigenvalue weighted by atomic mass is 16.5. The first kappa shape index (κ1) is 17.4. The molecule has 5 heteroatoms. The van der Waals surface area contributed by atoms with E-state index in [9.17, 15) is 9.90 Å². The molecular formula is C13H28N2O3. The maximum atomic E-state index is 11.1. The van der Waals surface area contributed by atoms with Gasteiger partial charge in [-0.15, -0.1) is 0 Å². The fraction of sp³-hybridized carbons (Fsp3) is 0.923. The molecule has 0 saturated carbocycles. The molecule has 5 nitrogen and oxygen atoms in total. The number of aliphatic hydroxyl groups excluding tert-OH is 1. The van der Waals surface area contributed by atoms with E-state index in [1.807, 2.05) is 6.92 Å². The fourth-order valence-electron chi connectivity index (χ4n) is 1.48. The number of carbonyl (C=O) groups excluding carboxylic acids is 1. The van der Waals surface area contributed by atoms with Gasteiger partial charge >= 0.3 is 0 Å². The van der Waals surface area contributed by atoms with Gasteiger partial charge in [-0.25, -0.2) is 0 Å². The molecule has 0 spiro atoms. The Bertz CT molecular complexity index is 210. The maximum Gasteiger partial charge on any atom is 0.233 e. The topological polar surface area (TPSA) is 70.6 Å². The zero-order valence-electron chi connectivity index (χ0n) is 11.9. The molecule has 0 aromatic heterocycles. The largest absolute Gasteiger partial charge is 0.389 e. The van der Waals surface area contributed by atoms with E-state index in [1.165, 1.54) is 0 Å². The first-order valence-electron chi connectivity index (χ1n) is 6.79. The molecule has 3 N–H and O–H groups in total. The molecule has 0 heterocycles. The number of aliphatic hydroxyl groups is 1. The zero-order valence-corrected chi connectivity index (χ0v) is 11.9. The van der Waals surface area contributed by atoms with E-state index in [4.69, 9.17) is 4.74 Å². The molecular weight excluding hydrogens is 232 g/mol. The monoisotopic (exact) mass is 260 g/mol. The number of amides is 1. The van der Waals surface area contributed by atoms with Crippen molar-refractivity contribution in [2.24, 2.45) is 5.92 Å². The predicted molar refractivity (Wildman–Crippen MR) is 72.5 cm³/mol. The van der Waals surface area contributed by atoms with Gasteiger partial charge in [0.25, 0.3) is 0 Å². The van der Waals surface area contributed by atoms with Gasteiger partial charge < -0.3 is 20.5 Å². The number of nitrogens with one attached hydrogen (secondary N) is 2. The van der Waals surface area contributed by atoms with Crippen molar-refractivity contribution in [3.8, 4) is 0 Å². The number of hydrogen-bond acceptors (Lipinski definition) is 4. The summed E-state index contributed by atoms with van der Waals surface area (Å²) in [6.07, 6.45) is 1.61. The zero-order chi connectivity index (χ0) is 13.8. The van der Waals surface area contributed by atoms with Crippen LogP contribution in [0.1, 0.15) is 33.6 Å². The molecule has 0 fully saturated rings. The van der Waals surface area contributed by atoms with Crippen LogP contribution in [0.25, 0.3) is 0 Å². The SMILES string of the molecule is CCNC(=O)CNCC(O)COCCCC(C)C. The molecule has 18 heavy (non-hydrogen) atoms. The first-order valence-corrected chi connectivity index (χ1v) is 6.79. The standard InChI is InChI=1S/C13H28N2O3/c1-4-15-13(17)9-14-8-12(16)10-18-7-5-6-11(2)3/h11-12,14,16H,4-10H2,1-3H3,(H,15,17). The molecule has 0 aromatic rings. The summed E-state index contributed by atoms with van der Waals surface area (Å²) in [6, 6.07) is 0. The Balaban J connectivity index is 3.32. The van der Waals surface area contributed by atoms with Gasteiger partial charge in [0.15, 0.2) is 0 Å². The van der Waals surface area contributed by atoms with Crippen molar-refractivity contribution in [1.29, 1.82) is 0 Å². The third-order valence-electron chi connectivity index (χ3n) is 2.42. The molecule has 1 atom stereocenters. The summed E-state index contributed by atoms with van der Waals surface area (Å²) in [7, 11) is 0. The Morgan fingerprint density at radius 2 is 2.11 bits per heavy atom. The van der Waals surface area contributed by atoms with Crippen LogP contribution in [0.4, 0.5) is 0 Å². The van der Waals surface area contributed by atoms with E-state index in [2.05, 4.69) is 24.5 Å². The van der Waals surface area contributed by atoms with Crippen LogP contribution in [0.2, 0.25) is 0 Å². The van der Waals surface area contributed by atoms with Gasteiger partial charge in [-0.05, 0) is 25.7 Å². The number of likely N-dealkylation sites (N-methyl/N-ethyl adjacent to an activating group) is 1. The average molecular weight is 260 g/mol. The fourth-order valence-corrected chi connectivity index (χ4v) is 1.48. The van der Waals surface area contributed by atoms with Crippen LogP contribution in [0, 0.1) is 5.92 Å². The van der Waals surface area contributed by atoms with Gasteiger partial charge in [0, 0.05) is 19.7 Å². The number of carbonyl (C=O) groups is 1. The number of rotatable bonds is 11. The highest BCUT2D eigenvalue weighted by Crippen LogP contribution is 2.03. The van der Waals surface area contributed by atoms with Crippen LogP contribution in [0.5, 0.6) is 0 Å². The molecule has 0 aliphatic rings. The van der Waals surface area contributed by atoms with E-state index in [1.54, 1.807) is 0 Å². The second-order valence-corrected chi connectivity index (χ2v) is 4.85.